The van der Waals surface area contributed by atoms with Crippen LogP contribution in [0.5, 0.6) is 0 Å². The molecule has 0 radical (unpaired) electrons. The molecule has 4 heteroatoms. The molecule has 18 heavy (non-hydrogen) atoms. The molecular weight excluding hydrogens is 224 g/mol. The van der Waals surface area contributed by atoms with E-state index < -0.39 is 0 Å². The van der Waals surface area contributed by atoms with Crippen LogP contribution < -0.4 is 11.3 Å². The Bertz CT molecular complexity index is 504. The van der Waals surface area contributed by atoms with E-state index in [4.69, 9.17) is 5.84 Å². The van der Waals surface area contributed by atoms with Crippen molar-refractivity contribution < 1.29 is 0 Å². The number of nitrogens with two attached hydrogens (primary N) is 1. The minimum Gasteiger partial charge on any atom is -0.276 e. The number of rotatable bonds is 5. The predicted octanol–water partition coefficient (Wildman–Crippen LogP) is 1.87. The van der Waals surface area contributed by atoms with Crippen LogP contribution in [0.2, 0.25) is 0 Å². The van der Waals surface area contributed by atoms with Crippen molar-refractivity contribution in [2.75, 3.05) is 0 Å². The standard InChI is InChI=1S/C14H20N4/c1-11-5-3-4-6-13(11)14(17-15)8-7-12-9-16-18(2)10-12/h3-6,9-10,14,17H,7-8,15H2,1-2H3. The highest BCUT2D eigenvalue weighted by atomic mass is 15.2. The Kier molecular flexibility index (Phi) is 4.12. The van der Waals surface area contributed by atoms with Crippen molar-refractivity contribution in [3.05, 3.63) is 53.3 Å². The molecule has 2 rings (SSSR count). The molecule has 3 N–H and O–H groups in total. The summed E-state index contributed by atoms with van der Waals surface area (Å²) in [5.41, 5.74) is 6.69. The molecule has 1 heterocycles. The van der Waals surface area contributed by atoms with Crippen LogP contribution in [0.15, 0.2) is 36.7 Å². The first-order chi connectivity index (χ1) is 8.70. The van der Waals surface area contributed by atoms with Crippen molar-refractivity contribution in [2.45, 2.75) is 25.8 Å². The number of nitrogens with zero attached hydrogens (tertiary/aromatic N) is 2. The van der Waals surface area contributed by atoms with Gasteiger partial charge in [-0.25, -0.2) is 0 Å². The third-order valence-corrected chi connectivity index (χ3v) is 3.25. The number of aromatic nitrogens is 2. The Hall–Kier alpha value is -1.65. The fourth-order valence-electron chi connectivity index (χ4n) is 2.22. The van der Waals surface area contributed by atoms with Crippen molar-refractivity contribution in [2.24, 2.45) is 12.9 Å². The molecule has 96 valence electrons. The molecule has 0 aliphatic rings. The Balaban J connectivity index is 2.04. The van der Waals surface area contributed by atoms with Crippen LogP contribution in [-0.2, 0) is 13.5 Å². The SMILES string of the molecule is Cc1ccccc1C(CCc1cnn(C)c1)NN. The predicted molar refractivity (Wildman–Crippen MR) is 72.8 cm³/mol. The number of hydrogen-bond donors (Lipinski definition) is 2. The van der Waals surface area contributed by atoms with E-state index in [1.54, 1.807) is 0 Å². The van der Waals surface area contributed by atoms with Gasteiger partial charge in [0.1, 0.15) is 0 Å². The average Bonchev–Trinajstić information content (AvgIpc) is 2.78. The van der Waals surface area contributed by atoms with E-state index in [2.05, 4.69) is 35.6 Å². The van der Waals surface area contributed by atoms with Crippen LogP contribution in [0.4, 0.5) is 0 Å². The van der Waals surface area contributed by atoms with Gasteiger partial charge in [0.25, 0.3) is 0 Å². The second-order valence-electron chi connectivity index (χ2n) is 4.64. The van der Waals surface area contributed by atoms with Gasteiger partial charge in [-0.2, -0.15) is 5.10 Å². The van der Waals surface area contributed by atoms with Gasteiger partial charge in [-0.3, -0.25) is 16.0 Å². The van der Waals surface area contributed by atoms with Crippen molar-refractivity contribution in [3.63, 3.8) is 0 Å². The van der Waals surface area contributed by atoms with Gasteiger partial charge in [0.05, 0.1) is 6.20 Å². The summed E-state index contributed by atoms with van der Waals surface area (Å²) in [5.74, 6) is 5.67. The number of hydrogen-bond acceptors (Lipinski definition) is 3. The lowest BCUT2D eigenvalue weighted by molar-refractivity contribution is 0.514. The first kappa shape index (κ1) is 12.8. The fourth-order valence-corrected chi connectivity index (χ4v) is 2.22. The zero-order chi connectivity index (χ0) is 13.0. The number of benzene rings is 1. The summed E-state index contributed by atoms with van der Waals surface area (Å²) in [6.45, 7) is 2.11. The third kappa shape index (κ3) is 2.97. The molecule has 1 atom stereocenters. The maximum absolute atomic E-state index is 5.67. The molecular formula is C14H20N4. The van der Waals surface area contributed by atoms with Gasteiger partial charge in [-0.1, -0.05) is 24.3 Å². The molecule has 1 aromatic carbocycles. The van der Waals surface area contributed by atoms with Gasteiger partial charge >= 0.3 is 0 Å². The van der Waals surface area contributed by atoms with Gasteiger partial charge in [0.15, 0.2) is 0 Å². The Morgan fingerprint density at radius 2 is 2.17 bits per heavy atom. The minimum atomic E-state index is 0.186. The smallest absolute Gasteiger partial charge is 0.0521 e. The van der Waals surface area contributed by atoms with Crippen LogP contribution in [0.25, 0.3) is 0 Å². The lowest BCUT2D eigenvalue weighted by atomic mass is 9.97. The van der Waals surface area contributed by atoms with Crippen molar-refractivity contribution in [1.82, 2.24) is 15.2 Å². The third-order valence-electron chi connectivity index (χ3n) is 3.25. The normalized spacial score (nSPS) is 12.6. The summed E-state index contributed by atoms with van der Waals surface area (Å²) in [7, 11) is 1.93. The van der Waals surface area contributed by atoms with Gasteiger partial charge < -0.3 is 0 Å². The summed E-state index contributed by atoms with van der Waals surface area (Å²) >= 11 is 0. The van der Waals surface area contributed by atoms with E-state index in [1.165, 1.54) is 16.7 Å². The molecule has 4 nitrogen and oxygen atoms in total. The zero-order valence-corrected chi connectivity index (χ0v) is 10.9. The van der Waals surface area contributed by atoms with Gasteiger partial charge in [0.2, 0.25) is 0 Å². The lowest BCUT2D eigenvalue weighted by Gasteiger charge is -2.18. The molecule has 1 unspecified atom stereocenters. The van der Waals surface area contributed by atoms with E-state index in [0.29, 0.717) is 0 Å². The van der Waals surface area contributed by atoms with E-state index in [0.717, 1.165) is 12.8 Å². The Morgan fingerprint density at radius 3 is 2.78 bits per heavy atom. The van der Waals surface area contributed by atoms with Crippen LogP contribution in [-0.4, -0.2) is 9.78 Å². The molecule has 0 saturated heterocycles. The molecule has 0 spiro atoms. The second-order valence-corrected chi connectivity index (χ2v) is 4.64. The first-order valence-corrected chi connectivity index (χ1v) is 6.20. The molecule has 0 bridgehead atoms. The second kappa shape index (κ2) is 5.80. The summed E-state index contributed by atoms with van der Waals surface area (Å²) in [6.07, 6.45) is 5.89. The largest absolute Gasteiger partial charge is 0.276 e. The summed E-state index contributed by atoms with van der Waals surface area (Å²) in [5, 5.41) is 4.18. The number of nitrogens with one attached hydrogen (secondary N) is 1. The highest BCUT2D eigenvalue weighted by Crippen LogP contribution is 2.21. The summed E-state index contributed by atoms with van der Waals surface area (Å²) in [6, 6.07) is 8.53. The Morgan fingerprint density at radius 1 is 1.39 bits per heavy atom. The molecule has 0 aliphatic heterocycles. The quantitative estimate of drug-likeness (QED) is 0.623. The Labute approximate surface area is 108 Å². The van der Waals surface area contributed by atoms with Crippen LogP contribution in [0.3, 0.4) is 0 Å². The van der Waals surface area contributed by atoms with E-state index >= 15 is 0 Å². The van der Waals surface area contributed by atoms with Gasteiger partial charge in [-0.15, -0.1) is 0 Å². The molecule has 1 aromatic heterocycles. The monoisotopic (exact) mass is 244 g/mol. The van der Waals surface area contributed by atoms with E-state index in [9.17, 15) is 0 Å². The summed E-state index contributed by atoms with van der Waals surface area (Å²) < 4.78 is 1.83. The van der Waals surface area contributed by atoms with Gasteiger partial charge in [-0.05, 0) is 36.5 Å². The van der Waals surface area contributed by atoms with Crippen molar-refractivity contribution in [3.8, 4) is 0 Å². The van der Waals surface area contributed by atoms with Crippen molar-refractivity contribution in [1.29, 1.82) is 0 Å². The first-order valence-electron chi connectivity index (χ1n) is 6.20. The molecule has 0 amide bonds. The van der Waals surface area contributed by atoms with Crippen LogP contribution in [0.1, 0.15) is 29.2 Å². The van der Waals surface area contributed by atoms with Crippen LogP contribution >= 0.6 is 0 Å². The number of aryl methyl sites for hydroxylation is 3. The maximum Gasteiger partial charge on any atom is 0.0521 e. The lowest BCUT2D eigenvalue weighted by Crippen LogP contribution is -2.28. The average molecular weight is 244 g/mol. The molecule has 0 fully saturated rings. The topological polar surface area (TPSA) is 55.9 Å². The number of hydrazine groups is 1. The fraction of sp³-hybridized carbons (Fsp3) is 0.357. The highest BCUT2D eigenvalue weighted by molar-refractivity contribution is 5.28. The molecule has 0 aliphatic carbocycles. The highest BCUT2D eigenvalue weighted by Gasteiger charge is 2.12. The van der Waals surface area contributed by atoms with E-state index in [-0.39, 0.29) is 6.04 Å². The molecule has 0 saturated carbocycles. The van der Waals surface area contributed by atoms with E-state index in [1.807, 2.05) is 30.2 Å². The maximum atomic E-state index is 5.67. The van der Waals surface area contributed by atoms with Gasteiger partial charge in [0, 0.05) is 19.3 Å². The zero-order valence-electron chi connectivity index (χ0n) is 10.9. The minimum absolute atomic E-state index is 0.186. The molecule has 2 aromatic rings. The van der Waals surface area contributed by atoms with Crippen molar-refractivity contribution >= 4 is 0 Å². The summed E-state index contributed by atoms with van der Waals surface area (Å²) in [4.78, 5) is 0. The van der Waals surface area contributed by atoms with Crippen LogP contribution in [0, 0.1) is 6.92 Å².